The molecule has 1 aliphatic rings. The molecule has 0 fully saturated rings. The van der Waals surface area contributed by atoms with E-state index in [0.717, 1.165) is 29.4 Å². The van der Waals surface area contributed by atoms with E-state index in [-0.39, 0.29) is 6.10 Å². The van der Waals surface area contributed by atoms with Gasteiger partial charge in [0.1, 0.15) is 6.10 Å². The van der Waals surface area contributed by atoms with Crippen molar-refractivity contribution in [1.82, 2.24) is 0 Å². The van der Waals surface area contributed by atoms with Gasteiger partial charge in [-0.25, -0.2) is 4.79 Å². The summed E-state index contributed by atoms with van der Waals surface area (Å²) in [5, 5.41) is 2.70. The normalized spacial score (nSPS) is 18.8. The van der Waals surface area contributed by atoms with Crippen LogP contribution in [-0.2, 0) is 4.74 Å². The number of nitrogens with one attached hydrogen (secondary N) is 1. The van der Waals surface area contributed by atoms with Crippen LogP contribution in [0.4, 0.5) is 10.5 Å². The van der Waals surface area contributed by atoms with Crippen LogP contribution in [0, 0.1) is 0 Å². The predicted molar refractivity (Wildman–Crippen MR) is 71.0 cm³/mol. The standard InChI is InChI=1S/C13H14BrNO2/c14-10-6-8-11(9-7-10)15-13(16)17-12-4-2-1-3-5-12/h2,4,6-9,12H,1,3,5H2,(H,15,16). The van der Waals surface area contributed by atoms with Crippen molar-refractivity contribution in [3.8, 4) is 0 Å². The Balaban J connectivity index is 1.86. The van der Waals surface area contributed by atoms with Gasteiger partial charge >= 0.3 is 6.09 Å². The molecule has 1 atom stereocenters. The van der Waals surface area contributed by atoms with Crippen LogP contribution in [0.1, 0.15) is 19.3 Å². The Kier molecular flexibility index (Phi) is 4.20. The Hall–Kier alpha value is -1.29. The lowest BCUT2D eigenvalue weighted by Gasteiger charge is -2.17. The van der Waals surface area contributed by atoms with Crippen LogP contribution in [0.2, 0.25) is 0 Å². The molecule has 0 spiro atoms. The molecule has 0 aliphatic heterocycles. The monoisotopic (exact) mass is 295 g/mol. The molecule has 4 heteroatoms. The lowest BCUT2D eigenvalue weighted by molar-refractivity contribution is 0.126. The average Bonchev–Trinajstić information content (AvgIpc) is 2.33. The van der Waals surface area contributed by atoms with E-state index in [9.17, 15) is 4.79 Å². The van der Waals surface area contributed by atoms with Gasteiger partial charge in [0.15, 0.2) is 0 Å². The van der Waals surface area contributed by atoms with Gasteiger partial charge < -0.3 is 4.74 Å². The summed E-state index contributed by atoms with van der Waals surface area (Å²) in [6.07, 6.45) is 6.58. The molecule has 2 rings (SSSR count). The Bertz CT molecular complexity index is 414. The van der Waals surface area contributed by atoms with E-state index in [4.69, 9.17) is 4.74 Å². The van der Waals surface area contributed by atoms with Gasteiger partial charge in [0.25, 0.3) is 0 Å². The summed E-state index contributed by atoms with van der Waals surface area (Å²) < 4.78 is 6.26. The third-order valence-corrected chi connectivity index (χ3v) is 3.09. The number of halogens is 1. The average molecular weight is 296 g/mol. The number of hydrogen-bond acceptors (Lipinski definition) is 2. The number of amides is 1. The zero-order valence-electron chi connectivity index (χ0n) is 9.36. The molecule has 1 aliphatic carbocycles. The zero-order valence-corrected chi connectivity index (χ0v) is 10.9. The van der Waals surface area contributed by atoms with Crippen LogP contribution in [0.15, 0.2) is 40.9 Å². The van der Waals surface area contributed by atoms with Crippen molar-refractivity contribution in [1.29, 1.82) is 0 Å². The first kappa shape index (κ1) is 12.2. The maximum atomic E-state index is 11.6. The fraction of sp³-hybridized carbons (Fsp3) is 0.308. The van der Waals surface area contributed by atoms with Crippen molar-refractivity contribution in [2.45, 2.75) is 25.4 Å². The molecular weight excluding hydrogens is 282 g/mol. The predicted octanol–water partition coefficient (Wildman–Crippen LogP) is 4.11. The quantitative estimate of drug-likeness (QED) is 0.834. The highest BCUT2D eigenvalue weighted by Crippen LogP contribution is 2.16. The Morgan fingerprint density at radius 2 is 2.12 bits per heavy atom. The molecule has 17 heavy (non-hydrogen) atoms. The number of anilines is 1. The summed E-state index contributed by atoms with van der Waals surface area (Å²) >= 11 is 3.34. The third kappa shape index (κ3) is 3.89. The van der Waals surface area contributed by atoms with Crippen LogP contribution in [0.5, 0.6) is 0 Å². The van der Waals surface area contributed by atoms with Gasteiger partial charge in [0.2, 0.25) is 0 Å². The first-order valence-corrected chi connectivity index (χ1v) is 6.43. The lowest BCUT2D eigenvalue weighted by atomic mass is 10.1. The maximum absolute atomic E-state index is 11.6. The van der Waals surface area contributed by atoms with Crippen molar-refractivity contribution in [3.63, 3.8) is 0 Å². The molecule has 3 nitrogen and oxygen atoms in total. The smallest absolute Gasteiger partial charge is 0.412 e. The molecule has 0 saturated heterocycles. The van der Waals surface area contributed by atoms with Crippen molar-refractivity contribution in [2.75, 3.05) is 5.32 Å². The van der Waals surface area contributed by atoms with Gasteiger partial charge in [-0.2, -0.15) is 0 Å². The van der Waals surface area contributed by atoms with E-state index in [2.05, 4.69) is 27.3 Å². The number of ether oxygens (including phenoxy) is 1. The van der Waals surface area contributed by atoms with Crippen LogP contribution in [0.25, 0.3) is 0 Å². The second kappa shape index (κ2) is 5.87. The molecular formula is C13H14BrNO2. The fourth-order valence-corrected chi connectivity index (χ4v) is 1.96. The summed E-state index contributed by atoms with van der Waals surface area (Å²) in [7, 11) is 0. The van der Waals surface area contributed by atoms with E-state index < -0.39 is 6.09 Å². The molecule has 0 heterocycles. The molecule has 1 N–H and O–H groups in total. The van der Waals surface area contributed by atoms with E-state index in [0.29, 0.717) is 0 Å². The zero-order chi connectivity index (χ0) is 12.1. The van der Waals surface area contributed by atoms with Crippen molar-refractivity contribution >= 4 is 27.7 Å². The lowest BCUT2D eigenvalue weighted by Crippen LogP contribution is -2.22. The van der Waals surface area contributed by atoms with E-state index in [1.54, 1.807) is 0 Å². The summed E-state index contributed by atoms with van der Waals surface area (Å²) in [5.41, 5.74) is 0.734. The second-order valence-corrected chi connectivity index (χ2v) is 4.85. The molecule has 0 radical (unpaired) electrons. The van der Waals surface area contributed by atoms with Crippen molar-refractivity contribution < 1.29 is 9.53 Å². The maximum Gasteiger partial charge on any atom is 0.412 e. The van der Waals surface area contributed by atoms with Crippen LogP contribution >= 0.6 is 15.9 Å². The topological polar surface area (TPSA) is 38.3 Å². The first-order chi connectivity index (χ1) is 8.24. The highest BCUT2D eigenvalue weighted by Gasteiger charge is 2.13. The van der Waals surface area contributed by atoms with E-state index >= 15 is 0 Å². The molecule has 1 aromatic carbocycles. The largest absolute Gasteiger partial charge is 0.442 e. The Morgan fingerprint density at radius 1 is 1.35 bits per heavy atom. The van der Waals surface area contributed by atoms with Gasteiger partial charge in [-0.1, -0.05) is 22.0 Å². The van der Waals surface area contributed by atoms with Crippen LogP contribution < -0.4 is 5.32 Å². The van der Waals surface area contributed by atoms with Gasteiger partial charge in [-0.15, -0.1) is 0 Å². The van der Waals surface area contributed by atoms with Crippen LogP contribution in [-0.4, -0.2) is 12.2 Å². The number of benzene rings is 1. The SMILES string of the molecule is O=C(Nc1ccc(Br)cc1)OC1C=CCCC1. The minimum atomic E-state index is -0.399. The molecule has 1 aromatic rings. The fourth-order valence-electron chi connectivity index (χ4n) is 1.70. The molecule has 1 amide bonds. The summed E-state index contributed by atoms with van der Waals surface area (Å²) in [6.45, 7) is 0. The Labute approximate surface area is 109 Å². The number of allylic oxidation sites excluding steroid dienone is 1. The second-order valence-electron chi connectivity index (χ2n) is 3.93. The molecule has 0 bridgehead atoms. The highest BCUT2D eigenvalue weighted by molar-refractivity contribution is 9.10. The van der Waals surface area contributed by atoms with Gasteiger partial charge in [0, 0.05) is 10.2 Å². The number of carbonyl (C=O) groups is 1. The Morgan fingerprint density at radius 3 is 2.76 bits per heavy atom. The third-order valence-electron chi connectivity index (χ3n) is 2.56. The molecule has 90 valence electrons. The van der Waals surface area contributed by atoms with E-state index in [1.165, 1.54) is 0 Å². The van der Waals surface area contributed by atoms with Crippen molar-refractivity contribution in [3.05, 3.63) is 40.9 Å². The van der Waals surface area contributed by atoms with Gasteiger partial charge in [0.05, 0.1) is 0 Å². The summed E-state index contributed by atoms with van der Waals surface area (Å²) in [5.74, 6) is 0. The van der Waals surface area contributed by atoms with Gasteiger partial charge in [-0.05, 0) is 49.6 Å². The molecule has 0 saturated carbocycles. The summed E-state index contributed by atoms with van der Waals surface area (Å²) in [6, 6.07) is 7.39. The minimum absolute atomic E-state index is 0.0841. The highest BCUT2D eigenvalue weighted by atomic mass is 79.9. The first-order valence-electron chi connectivity index (χ1n) is 5.64. The number of carbonyl (C=O) groups excluding carboxylic acids is 1. The van der Waals surface area contributed by atoms with Crippen LogP contribution in [0.3, 0.4) is 0 Å². The number of hydrogen-bond donors (Lipinski definition) is 1. The summed E-state index contributed by atoms with van der Waals surface area (Å²) in [4.78, 5) is 11.6. The molecule has 1 unspecified atom stereocenters. The van der Waals surface area contributed by atoms with Gasteiger partial charge in [-0.3, -0.25) is 5.32 Å². The molecule has 0 aromatic heterocycles. The van der Waals surface area contributed by atoms with Crippen molar-refractivity contribution in [2.24, 2.45) is 0 Å². The van der Waals surface area contributed by atoms with E-state index in [1.807, 2.05) is 30.3 Å². The minimum Gasteiger partial charge on any atom is -0.442 e. The number of rotatable bonds is 2.